The average Bonchev–Trinajstić information content (AvgIpc) is 2.95. The molecule has 0 aliphatic carbocycles. The number of likely N-dealkylation sites (tertiary alicyclic amines) is 1. The van der Waals surface area contributed by atoms with Crippen molar-refractivity contribution in [3.05, 3.63) is 35.4 Å². The highest BCUT2D eigenvalue weighted by Gasteiger charge is 2.54. The van der Waals surface area contributed by atoms with E-state index in [-0.39, 0.29) is 18.4 Å². The van der Waals surface area contributed by atoms with Gasteiger partial charge in [-0.15, -0.1) is 0 Å². The van der Waals surface area contributed by atoms with Crippen LogP contribution in [-0.2, 0) is 9.53 Å². The van der Waals surface area contributed by atoms with Crippen LogP contribution in [0.4, 0.5) is 0 Å². The Kier molecular flexibility index (Phi) is 4.15. The van der Waals surface area contributed by atoms with Gasteiger partial charge in [-0.25, -0.2) is 0 Å². The third-order valence-electron chi connectivity index (χ3n) is 5.22. The van der Waals surface area contributed by atoms with Crippen molar-refractivity contribution in [2.45, 2.75) is 26.2 Å². The van der Waals surface area contributed by atoms with Crippen LogP contribution in [0.25, 0.3) is 0 Å². The molecule has 0 aromatic heterocycles. The topological polar surface area (TPSA) is 66.8 Å². The van der Waals surface area contributed by atoms with Crippen LogP contribution >= 0.6 is 0 Å². The molecule has 2 heterocycles. The minimum absolute atomic E-state index is 0.0810. The third-order valence-corrected chi connectivity index (χ3v) is 5.22. The molecule has 2 saturated heterocycles. The number of carbonyl (C=O) groups excluding carboxylic acids is 1. The van der Waals surface area contributed by atoms with Crippen molar-refractivity contribution in [2.24, 2.45) is 11.3 Å². The van der Waals surface area contributed by atoms with Crippen LogP contribution in [0, 0.1) is 11.3 Å². The zero-order valence-corrected chi connectivity index (χ0v) is 13.6. The second kappa shape index (κ2) is 5.96. The molecule has 1 amide bonds. The number of aliphatic carboxylic acids is 1. The zero-order chi connectivity index (χ0) is 16.6. The Bertz CT molecular complexity index is 627. The average molecular weight is 317 g/mol. The van der Waals surface area contributed by atoms with E-state index in [9.17, 15) is 14.7 Å². The van der Waals surface area contributed by atoms with Gasteiger partial charge in [0.1, 0.15) is 0 Å². The summed E-state index contributed by atoms with van der Waals surface area (Å²) in [4.78, 5) is 26.3. The predicted octanol–water partition coefficient (Wildman–Crippen LogP) is 2.37. The molecule has 2 fully saturated rings. The summed E-state index contributed by atoms with van der Waals surface area (Å²) in [6, 6.07) is 7.62. The minimum atomic E-state index is -0.844. The molecule has 124 valence electrons. The molecule has 0 bridgehead atoms. The minimum Gasteiger partial charge on any atom is -0.481 e. The number of carboxylic acids is 1. The van der Waals surface area contributed by atoms with Crippen LogP contribution in [0.2, 0.25) is 0 Å². The fourth-order valence-corrected chi connectivity index (χ4v) is 3.67. The second-order valence-electron chi connectivity index (χ2n) is 6.95. The van der Waals surface area contributed by atoms with Gasteiger partial charge in [0.05, 0.1) is 12.0 Å². The first-order chi connectivity index (χ1) is 10.9. The first kappa shape index (κ1) is 16.0. The number of carboxylic acid groups (broad SMARTS) is 1. The Morgan fingerprint density at radius 2 is 2.17 bits per heavy atom. The Labute approximate surface area is 136 Å². The Morgan fingerprint density at radius 1 is 1.39 bits per heavy atom. The number of carbonyl (C=O) groups is 2. The Balaban J connectivity index is 1.84. The molecule has 5 nitrogen and oxygen atoms in total. The lowest BCUT2D eigenvalue weighted by Gasteiger charge is -2.33. The summed E-state index contributed by atoms with van der Waals surface area (Å²) in [5.41, 5.74) is 0.906. The molecule has 2 aliphatic rings. The maximum Gasteiger partial charge on any atom is 0.311 e. The smallest absolute Gasteiger partial charge is 0.311 e. The van der Waals surface area contributed by atoms with Gasteiger partial charge in [-0.3, -0.25) is 9.59 Å². The summed E-state index contributed by atoms with van der Waals surface area (Å²) < 4.78 is 5.44. The van der Waals surface area contributed by atoms with Crippen molar-refractivity contribution in [1.29, 1.82) is 0 Å². The van der Waals surface area contributed by atoms with E-state index < -0.39 is 11.4 Å². The summed E-state index contributed by atoms with van der Waals surface area (Å²) >= 11 is 0. The van der Waals surface area contributed by atoms with E-state index in [0.717, 1.165) is 5.56 Å². The summed E-state index contributed by atoms with van der Waals surface area (Å²) in [6.45, 7) is 5.78. The molecular weight excluding hydrogens is 294 g/mol. The van der Waals surface area contributed by atoms with Gasteiger partial charge in [0.2, 0.25) is 0 Å². The summed E-state index contributed by atoms with van der Waals surface area (Å²) in [5, 5.41) is 9.69. The van der Waals surface area contributed by atoms with Crippen LogP contribution in [0.15, 0.2) is 24.3 Å². The SMILES string of the molecule is CC(C)c1cccc(C(=O)N2C[C@@H]3COCC[C@]3(C(=O)O)C2)c1. The maximum atomic E-state index is 12.8. The molecule has 2 atom stereocenters. The van der Waals surface area contributed by atoms with Crippen molar-refractivity contribution in [2.75, 3.05) is 26.3 Å². The van der Waals surface area contributed by atoms with Crippen molar-refractivity contribution in [3.8, 4) is 0 Å². The van der Waals surface area contributed by atoms with Gasteiger partial charge in [0.15, 0.2) is 0 Å². The van der Waals surface area contributed by atoms with Gasteiger partial charge in [-0.05, 0) is 30.0 Å². The van der Waals surface area contributed by atoms with Crippen LogP contribution in [-0.4, -0.2) is 48.2 Å². The van der Waals surface area contributed by atoms with E-state index in [4.69, 9.17) is 4.74 Å². The third kappa shape index (κ3) is 2.74. The summed E-state index contributed by atoms with van der Waals surface area (Å²) in [6.07, 6.45) is 0.475. The van der Waals surface area contributed by atoms with Crippen LogP contribution in [0.1, 0.15) is 42.1 Å². The van der Waals surface area contributed by atoms with Gasteiger partial charge in [0, 0.05) is 31.2 Å². The molecule has 23 heavy (non-hydrogen) atoms. The summed E-state index contributed by atoms with van der Waals surface area (Å²) in [7, 11) is 0. The quantitative estimate of drug-likeness (QED) is 0.929. The lowest BCUT2D eigenvalue weighted by molar-refractivity contribution is -0.157. The number of amides is 1. The van der Waals surface area contributed by atoms with E-state index in [1.165, 1.54) is 0 Å². The van der Waals surface area contributed by atoms with Crippen LogP contribution < -0.4 is 0 Å². The molecule has 0 radical (unpaired) electrons. The van der Waals surface area contributed by atoms with Crippen molar-refractivity contribution in [3.63, 3.8) is 0 Å². The molecule has 2 aliphatic heterocycles. The first-order valence-electron chi connectivity index (χ1n) is 8.14. The molecule has 5 heteroatoms. The lowest BCUT2D eigenvalue weighted by Crippen LogP contribution is -2.45. The van der Waals surface area contributed by atoms with E-state index in [1.807, 2.05) is 18.2 Å². The largest absolute Gasteiger partial charge is 0.481 e. The first-order valence-corrected chi connectivity index (χ1v) is 8.14. The maximum absolute atomic E-state index is 12.8. The number of hydrogen-bond acceptors (Lipinski definition) is 3. The van der Waals surface area contributed by atoms with E-state index >= 15 is 0 Å². The number of nitrogens with zero attached hydrogens (tertiary/aromatic N) is 1. The fourth-order valence-electron chi connectivity index (χ4n) is 3.67. The predicted molar refractivity (Wildman–Crippen MR) is 85.4 cm³/mol. The molecular formula is C18H23NO4. The van der Waals surface area contributed by atoms with E-state index in [2.05, 4.69) is 13.8 Å². The van der Waals surface area contributed by atoms with Gasteiger partial charge in [-0.2, -0.15) is 0 Å². The standard InChI is InChI=1S/C18H23NO4/c1-12(2)13-4-3-5-14(8-13)16(20)19-9-15-10-23-7-6-18(15,11-19)17(21)22/h3-5,8,12,15H,6-7,9-11H2,1-2H3,(H,21,22)/t15-,18+/m1/s1. The molecule has 0 spiro atoms. The second-order valence-corrected chi connectivity index (χ2v) is 6.95. The van der Waals surface area contributed by atoms with Gasteiger partial charge >= 0.3 is 5.97 Å². The molecule has 1 aromatic rings. The highest BCUT2D eigenvalue weighted by atomic mass is 16.5. The Hall–Kier alpha value is -1.88. The van der Waals surface area contributed by atoms with Crippen molar-refractivity contribution in [1.82, 2.24) is 4.90 Å². The normalized spacial score (nSPS) is 27.1. The highest BCUT2D eigenvalue weighted by Crippen LogP contribution is 2.42. The number of hydrogen-bond donors (Lipinski definition) is 1. The number of fused-ring (bicyclic) bond motifs is 1. The highest BCUT2D eigenvalue weighted by molar-refractivity contribution is 5.95. The molecule has 3 rings (SSSR count). The van der Waals surface area contributed by atoms with Crippen LogP contribution in [0.5, 0.6) is 0 Å². The van der Waals surface area contributed by atoms with Crippen molar-refractivity contribution >= 4 is 11.9 Å². The monoisotopic (exact) mass is 317 g/mol. The Morgan fingerprint density at radius 3 is 2.83 bits per heavy atom. The molecule has 1 aromatic carbocycles. The number of benzene rings is 1. The molecule has 0 unspecified atom stereocenters. The number of rotatable bonds is 3. The zero-order valence-electron chi connectivity index (χ0n) is 13.6. The summed E-state index contributed by atoms with van der Waals surface area (Å²) in [5.74, 6) is -0.659. The van der Waals surface area contributed by atoms with E-state index in [0.29, 0.717) is 37.7 Å². The van der Waals surface area contributed by atoms with E-state index in [1.54, 1.807) is 11.0 Å². The van der Waals surface area contributed by atoms with Gasteiger partial charge in [0.25, 0.3) is 5.91 Å². The fraction of sp³-hybridized carbons (Fsp3) is 0.556. The van der Waals surface area contributed by atoms with Crippen molar-refractivity contribution < 1.29 is 19.4 Å². The molecule has 0 saturated carbocycles. The molecule has 1 N–H and O–H groups in total. The lowest BCUT2D eigenvalue weighted by atomic mass is 9.74. The number of ether oxygens (including phenoxy) is 1. The van der Waals surface area contributed by atoms with Crippen LogP contribution in [0.3, 0.4) is 0 Å². The van der Waals surface area contributed by atoms with Gasteiger partial charge in [-0.1, -0.05) is 26.0 Å². The van der Waals surface area contributed by atoms with Gasteiger partial charge < -0.3 is 14.7 Å².